The Kier molecular flexibility index (Phi) is 7.92. The normalized spacial score (nSPS) is 24.5. The van der Waals surface area contributed by atoms with E-state index >= 15 is 0 Å². The fraction of sp³-hybridized carbons (Fsp3) is 0.400. The molecule has 0 aromatic heterocycles. The number of piperidine rings is 1. The summed E-state index contributed by atoms with van der Waals surface area (Å²) in [6.07, 6.45) is 7.09. The summed E-state index contributed by atoms with van der Waals surface area (Å²) in [5.41, 5.74) is 5.34. The number of ether oxygens (including phenoxy) is 1. The van der Waals surface area contributed by atoms with Gasteiger partial charge < -0.3 is 9.64 Å². The molecule has 5 rings (SSSR count). The van der Waals surface area contributed by atoms with Crippen LogP contribution in [0.3, 0.4) is 0 Å². The van der Waals surface area contributed by atoms with Gasteiger partial charge in [-0.25, -0.2) is 0 Å². The van der Waals surface area contributed by atoms with Crippen LogP contribution >= 0.6 is 24.0 Å². The Balaban J connectivity index is 0.00000274. The topological polar surface area (TPSA) is 12.5 Å². The molecule has 3 aromatic rings. The number of aryl methyl sites for hydroxylation is 1. The fourth-order valence-electron chi connectivity index (χ4n) is 6.05. The van der Waals surface area contributed by atoms with Crippen LogP contribution in [-0.2, 0) is 11.2 Å². The highest BCUT2D eigenvalue weighted by Gasteiger charge is 2.49. The smallest absolute Gasteiger partial charge is 0.108 e. The highest BCUT2D eigenvalue weighted by atomic mass is 35.5. The third-order valence-electron chi connectivity index (χ3n) is 7.50. The monoisotopic (exact) mass is 495 g/mol. The number of hydrogen-bond acceptors (Lipinski definition) is 2. The van der Waals surface area contributed by atoms with E-state index in [1.807, 2.05) is 12.1 Å². The number of rotatable bonds is 7. The number of nitrogens with zero attached hydrogens (tertiary/aromatic N) is 1. The molecule has 2 heterocycles. The van der Waals surface area contributed by atoms with Crippen LogP contribution in [0.4, 0.5) is 5.69 Å². The summed E-state index contributed by atoms with van der Waals surface area (Å²) >= 11 is 6.18. The average Bonchev–Trinajstić information content (AvgIpc) is 3.04. The molecular weight excluding hydrogens is 461 g/mol. The van der Waals surface area contributed by atoms with Gasteiger partial charge in [0.15, 0.2) is 0 Å². The number of fused-ring (bicyclic) bond motifs is 2. The Morgan fingerprint density at radius 2 is 1.74 bits per heavy atom. The standard InChI is InChI=1S/C30H34ClNO.ClH/c1-3-8-22-9-7-12-26(19-22)32-27-17-18-30(32,2)21-28(20-27)33-29(23-10-5-4-6-11-23)24-13-15-25(31)16-14-24;/h4-7,9-16,19,27-29H,3,8,17-18,20-21H2,1-2H3;1H/t27-,28-,29?,30+;/m0./s1. The molecule has 3 aromatic carbocycles. The molecule has 0 aliphatic carbocycles. The highest BCUT2D eigenvalue weighted by Crippen LogP contribution is 2.48. The zero-order valence-electron chi connectivity index (χ0n) is 20.1. The highest BCUT2D eigenvalue weighted by molar-refractivity contribution is 6.30. The zero-order valence-corrected chi connectivity index (χ0v) is 21.7. The number of halogens is 2. The number of anilines is 1. The summed E-state index contributed by atoms with van der Waals surface area (Å²) < 4.78 is 6.93. The third-order valence-corrected chi connectivity index (χ3v) is 7.75. The van der Waals surface area contributed by atoms with E-state index in [0.717, 1.165) is 29.8 Å². The molecule has 1 unspecified atom stereocenters. The molecule has 4 atom stereocenters. The maximum atomic E-state index is 6.93. The van der Waals surface area contributed by atoms with Crippen molar-refractivity contribution in [1.29, 1.82) is 0 Å². The van der Waals surface area contributed by atoms with Crippen LogP contribution in [-0.4, -0.2) is 17.7 Å². The molecular formula is C30H35Cl2NO. The van der Waals surface area contributed by atoms with Gasteiger partial charge in [0.1, 0.15) is 6.10 Å². The van der Waals surface area contributed by atoms with Crippen LogP contribution in [0.2, 0.25) is 5.02 Å². The van der Waals surface area contributed by atoms with Crippen LogP contribution in [0, 0.1) is 0 Å². The lowest BCUT2D eigenvalue weighted by Crippen LogP contribution is -2.53. The minimum absolute atomic E-state index is 0. The second-order valence-corrected chi connectivity index (χ2v) is 10.5. The minimum Gasteiger partial charge on any atom is -0.365 e. The van der Waals surface area contributed by atoms with Gasteiger partial charge >= 0.3 is 0 Å². The lowest BCUT2D eigenvalue weighted by Gasteiger charge is -2.48. The quantitative estimate of drug-likeness (QED) is 0.326. The maximum Gasteiger partial charge on any atom is 0.108 e. The van der Waals surface area contributed by atoms with Crippen LogP contribution < -0.4 is 4.90 Å². The van der Waals surface area contributed by atoms with Crippen molar-refractivity contribution in [3.05, 3.63) is 101 Å². The first-order chi connectivity index (χ1) is 16.1. The molecule has 0 radical (unpaired) electrons. The van der Waals surface area contributed by atoms with Gasteiger partial charge in [-0.1, -0.05) is 79.5 Å². The van der Waals surface area contributed by atoms with Crippen LogP contribution in [0.5, 0.6) is 0 Å². The Morgan fingerprint density at radius 3 is 2.44 bits per heavy atom. The van der Waals surface area contributed by atoms with E-state index in [1.165, 1.54) is 36.1 Å². The Labute approximate surface area is 215 Å². The van der Waals surface area contributed by atoms with Crippen molar-refractivity contribution >= 4 is 29.7 Å². The van der Waals surface area contributed by atoms with Crippen molar-refractivity contribution in [2.75, 3.05) is 4.90 Å². The van der Waals surface area contributed by atoms with E-state index in [1.54, 1.807) is 0 Å². The summed E-state index contributed by atoms with van der Waals surface area (Å²) in [5.74, 6) is 0. The first kappa shape index (κ1) is 25.1. The van der Waals surface area contributed by atoms with Crippen molar-refractivity contribution in [2.45, 2.75) is 76.2 Å². The van der Waals surface area contributed by atoms with E-state index in [-0.39, 0.29) is 30.2 Å². The number of benzene rings is 3. The number of hydrogen-bond donors (Lipinski definition) is 0. The lowest BCUT2D eigenvalue weighted by molar-refractivity contribution is -0.0222. The van der Waals surface area contributed by atoms with Gasteiger partial charge in [-0.05, 0) is 80.0 Å². The van der Waals surface area contributed by atoms with E-state index < -0.39 is 0 Å². The molecule has 0 amide bonds. The van der Waals surface area contributed by atoms with E-state index in [2.05, 4.69) is 85.5 Å². The minimum atomic E-state index is -0.0732. The molecule has 180 valence electrons. The Bertz CT molecular complexity index is 1070. The van der Waals surface area contributed by atoms with Crippen molar-refractivity contribution in [3.8, 4) is 0 Å². The largest absolute Gasteiger partial charge is 0.365 e. The molecule has 2 nitrogen and oxygen atoms in total. The Hall–Kier alpha value is -2.00. The first-order valence-electron chi connectivity index (χ1n) is 12.4. The van der Waals surface area contributed by atoms with Gasteiger partial charge in [0.25, 0.3) is 0 Å². The van der Waals surface area contributed by atoms with Gasteiger partial charge in [-0.15, -0.1) is 12.4 Å². The predicted octanol–water partition coefficient (Wildman–Crippen LogP) is 8.41. The lowest BCUT2D eigenvalue weighted by atomic mass is 9.87. The van der Waals surface area contributed by atoms with E-state index in [9.17, 15) is 0 Å². The van der Waals surface area contributed by atoms with E-state index in [0.29, 0.717) is 6.04 Å². The first-order valence-corrected chi connectivity index (χ1v) is 12.8. The third kappa shape index (κ3) is 5.15. The second-order valence-electron chi connectivity index (χ2n) is 10.0. The second kappa shape index (κ2) is 10.7. The van der Waals surface area contributed by atoms with Crippen molar-refractivity contribution in [3.63, 3.8) is 0 Å². The fourth-order valence-corrected chi connectivity index (χ4v) is 6.18. The average molecular weight is 497 g/mol. The molecule has 2 fully saturated rings. The van der Waals surface area contributed by atoms with Gasteiger partial charge in [-0.2, -0.15) is 0 Å². The summed E-state index contributed by atoms with van der Waals surface area (Å²) in [5, 5.41) is 0.759. The van der Waals surface area contributed by atoms with Gasteiger partial charge in [0, 0.05) is 22.3 Å². The molecule has 0 N–H and O–H groups in total. The van der Waals surface area contributed by atoms with Gasteiger partial charge in [0.2, 0.25) is 0 Å². The van der Waals surface area contributed by atoms with Crippen molar-refractivity contribution in [1.82, 2.24) is 0 Å². The van der Waals surface area contributed by atoms with E-state index in [4.69, 9.17) is 16.3 Å². The summed E-state index contributed by atoms with van der Waals surface area (Å²) in [6.45, 7) is 4.69. The van der Waals surface area contributed by atoms with Gasteiger partial charge in [0.05, 0.1) is 6.10 Å². The molecule has 34 heavy (non-hydrogen) atoms. The molecule has 2 aliphatic rings. The predicted molar refractivity (Wildman–Crippen MR) is 145 cm³/mol. The van der Waals surface area contributed by atoms with Crippen molar-refractivity contribution in [2.24, 2.45) is 0 Å². The summed E-state index contributed by atoms with van der Waals surface area (Å²) in [7, 11) is 0. The van der Waals surface area contributed by atoms with Crippen LogP contribution in [0.1, 0.15) is 68.7 Å². The zero-order chi connectivity index (χ0) is 22.8. The molecule has 2 aliphatic heterocycles. The Morgan fingerprint density at radius 1 is 1.00 bits per heavy atom. The summed E-state index contributed by atoms with van der Waals surface area (Å²) in [4.78, 5) is 2.71. The molecule has 0 spiro atoms. The van der Waals surface area contributed by atoms with Gasteiger partial charge in [-0.3, -0.25) is 0 Å². The van der Waals surface area contributed by atoms with Crippen LogP contribution in [0.15, 0.2) is 78.9 Å². The van der Waals surface area contributed by atoms with Crippen molar-refractivity contribution < 1.29 is 4.74 Å². The summed E-state index contributed by atoms with van der Waals surface area (Å²) in [6, 6.07) is 28.5. The SMILES string of the molecule is CCCc1cccc(N2[C@H]3CC[C@]2(C)C[C@@H](OC(c2ccccc2)c2ccc(Cl)cc2)C3)c1.Cl. The molecule has 2 saturated heterocycles. The molecule has 0 saturated carbocycles. The molecule has 2 bridgehead atoms. The van der Waals surface area contributed by atoms with Crippen LogP contribution in [0.25, 0.3) is 0 Å². The maximum absolute atomic E-state index is 6.93. The molecule has 4 heteroatoms.